The molecule has 9 heteroatoms. The molecule has 1 fully saturated rings. The van der Waals surface area contributed by atoms with Gasteiger partial charge in [-0.3, -0.25) is 4.79 Å². The Morgan fingerprint density at radius 2 is 2.00 bits per heavy atom. The molecule has 3 rings (SSSR count). The van der Waals surface area contributed by atoms with Crippen LogP contribution in [0.5, 0.6) is 5.75 Å². The molecule has 0 spiro atoms. The van der Waals surface area contributed by atoms with E-state index in [4.69, 9.17) is 16.3 Å². The first-order valence-corrected chi connectivity index (χ1v) is 8.77. The lowest BCUT2D eigenvalue weighted by molar-refractivity contribution is -0.116. The van der Waals surface area contributed by atoms with E-state index in [2.05, 4.69) is 15.5 Å². The van der Waals surface area contributed by atoms with Crippen LogP contribution < -0.4 is 10.1 Å². The molecule has 26 heavy (non-hydrogen) atoms. The fourth-order valence-electron chi connectivity index (χ4n) is 2.13. The highest BCUT2D eigenvalue weighted by atomic mass is 35.5. The van der Waals surface area contributed by atoms with Crippen LogP contribution in [0, 0.1) is 11.6 Å². The number of ether oxygens (including phenoxy) is 1. The van der Waals surface area contributed by atoms with Crippen molar-refractivity contribution in [2.75, 3.05) is 5.75 Å². The van der Waals surface area contributed by atoms with E-state index in [1.807, 2.05) is 0 Å². The third-order valence-corrected chi connectivity index (χ3v) is 4.32. The SMILES string of the molecule is O=C1CSC(=NN=Cc2cc(Cl)ccc2OCc2cc(F)cc(F)c2)N1. The summed E-state index contributed by atoms with van der Waals surface area (Å²) in [6, 6.07) is 8.05. The van der Waals surface area contributed by atoms with Crippen molar-refractivity contribution in [2.24, 2.45) is 10.2 Å². The van der Waals surface area contributed by atoms with Gasteiger partial charge in [0.25, 0.3) is 0 Å². The topological polar surface area (TPSA) is 63.0 Å². The van der Waals surface area contributed by atoms with Gasteiger partial charge in [-0.2, -0.15) is 5.10 Å². The van der Waals surface area contributed by atoms with Crippen molar-refractivity contribution in [1.29, 1.82) is 0 Å². The zero-order valence-electron chi connectivity index (χ0n) is 13.2. The minimum absolute atomic E-state index is 0.0302. The molecule has 2 aromatic carbocycles. The van der Waals surface area contributed by atoms with Crippen molar-refractivity contribution in [2.45, 2.75) is 6.61 Å². The summed E-state index contributed by atoms with van der Waals surface area (Å²) in [5.41, 5.74) is 0.888. The molecule has 1 amide bonds. The van der Waals surface area contributed by atoms with Crippen LogP contribution in [0.2, 0.25) is 5.02 Å². The van der Waals surface area contributed by atoms with Crippen LogP contribution in [-0.4, -0.2) is 23.0 Å². The van der Waals surface area contributed by atoms with Crippen molar-refractivity contribution in [1.82, 2.24) is 5.32 Å². The van der Waals surface area contributed by atoms with Crippen LogP contribution in [-0.2, 0) is 11.4 Å². The average Bonchev–Trinajstić information content (AvgIpc) is 2.98. The van der Waals surface area contributed by atoms with E-state index in [0.29, 0.717) is 32.8 Å². The third-order valence-electron chi connectivity index (χ3n) is 3.22. The van der Waals surface area contributed by atoms with Crippen molar-refractivity contribution in [3.63, 3.8) is 0 Å². The third kappa shape index (κ3) is 5.03. The summed E-state index contributed by atoms with van der Waals surface area (Å²) in [6.45, 7) is -0.0302. The number of nitrogens with zero attached hydrogens (tertiary/aromatic N) is 2. The average molecular weight is 396 g/mol. The minimum atomic E-state index is -0.673. The van der Waals surface area contributed by atoms with Gasteiger partial charge in [-0.1, -0.05) is 23.4 Å². The molecular weight excluding hydrogens is 384 g/mol. The number of thioether (sulfide) groups is 1. The van der Waals surface area contributed by atoms with Crippen molar-refractivity contribution in [3.8, 4) is 5.75 Å². The van der Waals surface area contributed by atoms with E-state index >= 15 is 0 Å². The molecule has 2 aromatic rings. The predicted octanol–water partition coefficient (Wildman–Crippen LogP) is 3.75. The Bertz CT molecular complexity index is 885. The maximum Gasteiger partial charge on any atom is 0.236 e. The maximum absolute atomic E-state index is 13.2. The first kappa shape index (κ1) is 18.3. The monoisotopic (exact) mass is 395 g/mol. The first-order chi connectivity index (χ1) is 12.5. The van der Waals surface area contributed by atoms with Gasteiger partial charge in [-0.05, 0) is 35.9 Å². The van der Waals surface area contributed by atoms with Gasteiger partial charge in [-0.15, -0.1) is 5.10 Å². The Hall–Kier alpha value is -2.45. The van der Waals surface area contributed by atoms with Gasteiger partial charge in [-0.25, -0.2) is 8.78 Å². The maximum atomic E-state index is 13.2. The smallest absolute Gasteiger partial charge is 0.236 e. The number of carbonyl (C=O) groups is 1. The molecule has 5 nitrogen and oxygen atoms in total. The second-order valence-corrected chi connectivity index (χ2v) is 6.64. The van der Waals surface area contributed by atoms with Gasteiger partial charge in [0.15, 0.2) is 5.17 Å². The van der Waals surface area contributed by atoms with E-state index in [-0.39, 0.29) is 12.5 Å². The van der Waals surface area contributed by atoms with Gasteiger partial charge >= 0.3 is 0 Å². The molecule has 0 saturated carbocycles. The summed E-state index contributed by atoms with van der Waals surface area (Å²) in [5.74, 6) is -0.740. The predicted molar refractivity (Wildman–Crippen MR) is 97.8 cm³/mol. The molecule has 0 radical (unpaired) electrons. The molecule has 0 aliphatic carbocycles. The Labute approximate surface area is 157 Å². The summed E-state index contributed by atoms with van der Waals surface area (Å²) in [4.78, 5) is 11.1. The Balaban J connectivity index is 1.74. The van der Waals surface area contributed by atoms with E-state index in [1.165, 1.54) is 30.1 Å². The van der Waals surface area contributed by atoms with E-state index in [9.17, 15) is 13.6 Å². The highest BCUT2D eigenvalue weighted by Crippen LogP contribution is 2.23. The van der Waals surface area contributed by atoms with Crippen molar-refractivity contribution >= 4 is 40.7 Å². The molecular formula is C17H12ClF2N3O2S. The summed E-state index contributed by atoms with van der Waals surface area (Å²) in [6.07, 6.45) is 1.42. The van der Waals surface area contributed by atoms with Gasteiger partial charge < -0.3 is 10.1 Å². The molecule has 134 valence electrons. The van der Waals surface area contributed by atoms with Crippen LogP contribution in [0.15, 0.2) is 46.6 Å². The van der Waals surface area contributed by atoms with Crippen molar-refractivity contribution in [3.05, 3.63) is 64.2 Å². The number of benzene rings is 2. The lowest BCUT2D eigenvalue weighted by atomic mass is 10.2. The second kappa shape index (κ2) is 8.29. The van der Waals surface area contributed by atoms with Gasteiger partial charge in [0.2, 0.25) is 5.91 Å². The number of hydrogen-bond donors (Lipinski definition) is 1. The quantitative estimate of drug-likeness (QED) is 0.619. The van der Waals surface area contributed by atoms with Crippen molar-refractivity contribution < 1.29 is 18.3 Å². The number of amides is 1. The highest BCUT2D eigenvalue weighted by molar-refractivity contribution is 8.15. The van der Waals surface area contributed by atoms with Gasteiger partial charge in [0, 0.05) is 16.7 Å². The molecule has 1 saturated heterocycles. The first-order valence-electron chi connectivity index (χ1n) is 7.40. The Kier molecular flexibility index (Phi) is 5.85. The lowest BCUT2D eigenvalue weighted by Crippen LogP contribution is -2.19. The zero-order valence-corrected chi connectivity index (χ0v) is 14.8. The molecule has 1 N–H and O–H groups in total. The van der Waals surface area contributed by atoms with Crippen LogP contribution in [0.4, 0.5) is 8.78 Å². The van der Waals surface area contributed by atoms with Crippen LogP contribution in [0.25, 0.3) is 0 Å². The van der Waals surface area contributed by atoms with Crippen LogP contribution in [0.3, 0.4) is 0 Å². The summed E-state index contributed by atoms with van der Waals surface area (Å²) in [7, 11) is 0. The summed E-state index contributed by atoms with van der Waals surface area (Å²) >= 11 is 7.24. The fraction of sp³-hybridized carbons (Fsp3) is 0.118. The molecule has 0 aromatic heterocycles. The lowest BCUT2D eigenvalue weighted by Gasteiger charge is -2.09. The molecule has 1 heterocycles. The van der Waals surface area contributed by atoms with Crippen LogP contribution in [0.1, 0.15) is 11.1 Å². The molecule has 0 unspecified atom stereocenters. The van der Waals surface area contributed by atoms with Crippen LogP contribution >= 0.6 is 23.4 Å². The minimum Gasteiger partial charge on any atom is -0.488 e. The van der Waals surface area contributed by atoms with E-state index in [0.717, 1.165) is 6.07 Å². The number of rotatable bonds is 5. The normalized spacial score (nSPS) is 15.7. The number of hydrogen-bond acceptors (Lipinski definition) is 5. The standard InChI is InChI=1S/C17H12ClF2N3O2S/c18-12-1-2-15(25-8-10-3-13(19)6-14(20)4-10)11(5-12)7-21-23-17-22-16(24)9-26-17/h1-7H,8-9H2,(H,22,23,24). The van der Waals surface area contributed by atoms with E-state index in [1.54, 1.807) is 18.2 Å². The molecule has 1 aliphatic heterocycles. The Morgan fingerprint density at radius 3 is 2.69 bits per heavy atom. The Morgan fingerprint density at radius 1 is 1.23 bits per heavy atom. The number of amidine groups is 1. The summed E-state index contributed by atoms with van der Waals surface area (Å²) < 4.78 is 32.1. The highest BCUT2D eigenvalue weighted by Gasteiger charge is 2.16. The van der Waals surface area contributed by atoms with Gasteiger partial charge in [0.1, 0.15) is 24.0 Å². The number of carbonyl (C=O) groups excluding carboxylic acids is 1. The van der Waals surface area contributed by atoms with Gasteiger partial charge in [0.05, 0.1) is 12.0 Å². The zero-order chi connectivity index (χ0) is 18.5. The molecule has 0 atom stereocenters. The largest absolute Gasteiger partial charge is 0.488 e. The summed E-state index contributed by atoms with van der Waals surface area (Å²) in [5, 5.41) is 11.2. The fourth-order valence-corrected chi connectivity index (χ4v) is 2.94. The molecule has 0 bridgehead atoms. The number of nitrogens with one attached hydrogen (secondary N) is 1. The number of halogens is 3. The second-order valence-electron chi connectivity index (χ2n) is 5.24. The van der Waals surface area contributed by atoms with E-state index < -0.39 is 11.6 Å². The molecule has 1 aliphatic rings.